The summed E-state index contributed by atoms with van der Waals surface area (Å²) < 4.78 is 5.80. The molecule has 0 saturated carbocycles. The van der Waals surface area contributed by atoms with Crippen molar-refractivity contribution in [2.75, 3.05) is 5.32 Å². The van der Waals surface area contributed by atoms with Crippen LogP contribution in [0, 0.1) is 13.8 Å². The second kappa shape index (κ2) is 7.64. The number of carbonyl (C=O) groups is 1. The molecule has 140 valence electrons. The maximum Gasteiger partial charge on any atom is 0.224 e. The van der Waals surface area contributed by atoms with Crippen LogP contribution in [0.5, 0.6) is 0 Å². The molecule has 4 aromatic rings. The number of fused-ring (bicyclic) bond motifs is 1. The third kappa shape index (κ3) is 3.78. The molecule has 0 radical (unpaired) electrons. The van der Waals surface area contributed by atoms with Gasteiger partial charge >= 0.3 is 0 Å². The van der Waals surface area contributed by atoms with Crippen molar-refractivity contribution < 1.29 is 9.21 Å². The fourth-order valence-corrected chi connectivity index (χ4v) is 3.13. The Hall–Kier alpha value is -3.47. The zero-order valence-corrected chi connectivity index (χ0v) is 15.9. The number of aromatic nitrogens is 2. The highest BCUT2D eigenvalue weighted by Gasteiger charge is 2.11. The minimum absolute atomic E-state index is 0.0795. The van der Waals surface area contributed by atoms with Crippen LogP contribution < -0.4 is 5.32 Å². The summed E-state index contributed by atoms with van der Waals surface area (Å²) in [5.74, 6) is 1.19. The number of oxazole rings is 1. The molecule has 2 heterocycles. The molecule has 1 amide bonds. The summed E-state index contributed by atoms with van der Waals surface area (Å²) in [4.78, 5) is 21.1. The van der Waals surface area contributed by atoms with Crippen LogP contribution >= 0.6 is 0 Å². The largest absolute Gasteiger partial charge is 0.441 e. The second-order valence-electron chi connectivity index (χ2n) is 6.86. The maximum absolute atomic E-state index is 12.4. The van der Waals surface area contributed by atoms with Gasteiger partial charge in [0.1, 0.15) is 0 Å². The molecular weight excluding hydrogens is 350 g/mol. The number of aryl methyl sites for hydroxylation is 3. The van der Waals surface area contributed by atoms with Gasteiger partial charge in [0.05, 0.1) is 17.4 Å². The molecule has 0 aliphatic carbocycles. The van der Waals surface area contributed by atoms with Gasteiger partial charge in [-0.25, -0.2) is 4.98 Å². The summed E-state index contributed by atoms with van der Waals surface area (Å²) in [7, 11) is 0. The van der Waals surface area contributed by atoms with E-state index in [-0.39, 0.29) is 5.91 Å². The van der Waals surface area contributed by atoms with Gasteiger partial charge in [-0.3, -0.25) is 9.78 Å². The Labute approximate surface area is 163 Å². The van der Waals surface area contributed by atoms with Crippen LogP contribution in [0.1, 0.15) is 23.4 Å². The summed E-state index contributed by atoms with van der Waals surface area (Å²) in [6, 6.07) is 15.8. The van der Waals surface area contributed by atoms with Crippen molar-refractivity contribution in [1.29, 1.82) is 0 Å². The van der Waals surface area contributed by atoms with Gasteiger partial charge in [-0.15, -0.1) is 0 Å². The number of benzene rings is 2. The first-order chi connectivity index (χ1) is 13.6. The van der Waals surface area contributed by atoms with E-state index in [9.17, 15) is 4.79 Å². The van der Waals surface area contributed by atoms with Crippen molar-refractivity contribution in [3.63, 3.8) is 0 Å². The molecule has 0 aliphatic heterocycles. The number of nitrogens with one attached hydrogen (secondary N) is 1. The third-order valence-corrected chi connectivity index (χ3v) is 4.70. The number of anilines is 1. The zero-order chi connectivity index (χ0) is 19.5. The number of hydrogen-bond donors (Lipinski definition) is 1. The summed E-state index contributed by atoms with van der Waals surface area (Å²) in [5.41, 5.74) is 4.92. The molecule has 0 unspecified atom stereocenters. The Kier molecular flexibility index (Phi) is 4.89. The number of carbonyl (C=O) groups excluding carboxylic acids is 1. The van der Waals surface area contributed by atoms with Crippen LogP contribution in [0.3, 0.4) is 0 Å². The van der Waals surface area contributed by atoms with Crippen molar-refractivity contribution in [3.8, 4) is 11.3 Å². The van der Waals surface area contributed by atoms with Crippen molar-refractivity contribution in [3.05, 3.63) is 77.9 Å². The molecular formula is C23H21N3O2. The lowest BCUT2D eigenvalue weighted by Gasteiger charge is -2.09. The summed E-state index contributed by atoms with van der Waals surface area (Å²) in [5, 5.41) is 3.92. The molecule has 1 N–H and O–H groups in total. The molecule has 0 atom stereocenters. The lowest BCUT2D eigenvalue weighted by atomic mass is 10.1. The van der Waals surface area contributed by atoms with Crippen LogP contribution in [0.2, 0.25) is 0 Å². The van der Waals surface area contributed by atoms with Crippen LogP contribution in [0.15, 0.2) is 65.3 Å². The first-order valence-electron chi connectivity index (χ1n) is 9.26. The molecule has 5 heteroatoms. The van der Waals surface area contributed by atoms with Crippen LogP contribution in [-0.4, -0.2) is 15.9 Å². The fraction of sp³-hybridized carbons (Fsp3) is 0.174. The normalized spacial score (nSPS) is 10.9. The Morgan fingerprint density at radius 2 is 1.86 bits per heavy atom. The van der Waals surface area contributed by atoms with Crippen LogP contribution in [-0.2, 0) is 11.2 Å². The van der Waals surface area contributed by atoms with Gasteiger partial charge in [0.2, 0.25) is 5.91 Å². The van der Waals surface area contributed by atoms with Gasteiger partial charge < -0.3 is 9.73 Å². The highest BCUT2D eigenvalue weighted by Crippen LogP contribution is 2.25. The molecule has 0 fully saturated rings. The van der Waals surface area contributed by atoms with Gasteiger partial charge in [-0.05, 0) is 37.6 Å². The topological polar surface area (TPSA) is 68.0 Å². The van der Waals surface area contributed by atoms with Crippen molar-refractivity contribution in [2.45, 2.75) is 26.7 Å². The average molecular weight is 371 g/mol. The van der Waals surface area contributed by atoms with E-state index < -0.39 is 0 Å². The standard InChI is InChI=1S/C23H21N3O2/c1-15-5-8-17(9-6-15)20-14-25-22(28-20)12-11-21(27)26-19-10-7-16(2)23-18(19)4-3-13-24-23/h3-10,13-14H,11-12H2,1-2H3,(H,26,27). The molecule has 2 aromatic carbocycles. The first-order valence-corrected chi connectivity index (χ1v) is 9.26. The maximum atomic E-state index is 12.4. The molecule has 4 rings (SSSR count). The Morgan fingerprint density at radius 3 is 2.68 bits per heavy atom. The van der Waals surface area contributed by atoms with E-state index in [4.69, 9.17) is 4.42 Å². The van der Waals surface area contributed by atoms with E-state index in [1.54, 1.807) is 12.4 Å². The summed E-state index contributed by atoms with van der Waals surface area (Å²) in [6.45, 7) is 4.05. The Bertz CT molecular complexity index is 1130. The lowest BCUT2D eigenvalue weighted by Crippen LogP contribution is -2.12. The molecule has 5 nitrogen and oxygen atoms in total. The number of nitrogens with zero attached hydrogens (tertiary/aromatic N) is 2. The van der Waals surface area contributed by atoms with E-state index >= 15 is 0 Å². The summed E-state index contributed by atoms with van der Waals surface area (Å²) >= 11 is 0. The fourth-order valence-electron chi connectivity index (χ4n) is 3.13. The van der Waals surface area contributed by atoms with E-state index in [1.165, 1.54) is 5.56 Å². The van der Waals surface area contributed by atoms with Gasteiger partial charge in [0.15, 0.2) is 11.7 Å². The van der Waals surface area contributed by atoms with Crippen LogP contribution in [0.4, 0.5) is 5.69 Å². The minimum atomic E-state index is -0.0795. The number of pyridine rings is 1. The highest BCUT2D eigenvalue weighted by molar-refractivity contribution is 6.01. The van der Waals surface area contributed by atoms with Crippen molar-refractivity contribution >= 4 is 22.5 Å². The van der Waals surface area contributed by atoms with Crippen LogP contribution in [0.25, 0.3) is 22.2 Å². The predicted octanol–water partition coefficient (Wildman–Crippen LogP) is 5.08. The number of rotatable bonds is 5. The Morgan fingerprint density at radius 1 is 1.04 bits per heavy atom. The van der Waals surface area contributed by atoms with Gasteiger partial charge in [-0.1, -0.05) is 35.9 Å². The molecule has 0 bridgehead atoms. The lowest BCUT2D eigenvalue weighted by molar-refractivity contribution is -0.116. The Balaban J connectivity index is 1.42. The number of hydrogen-bond acceptors (Lipinski definition) is 4. The van der Waals surface area contributed by atoms with Crippen molar-refractivity contribution in [2.24, 2.45) is 0 Å². The predicted molar refractivity (Wildman–Crippen MR) is 110 cm³/mol. The molecule has 0 aliphatic rings. The van der Waals surface area contributed by atoms with E-state index in [0.29, 0.717) is 24.5 Å². The minimum Gasteiger partial charge on any atom is -0.441 e. The van der Waals surface area contributed by atoms with Gasteiger partial charge in [-0.2, -0.15) is 0 Å². The zero-order valence-electron chi connectivity index (χ0n) is 15.9. The van der Waals surface area contributed by atoms with E-state index in [0.717, 1.165) is 27.7 Å². The smallest absolute Gasteiger partial charge is 0.224 e. The third-order valence-electron chi connectivity index (χ3n) is 4.70. The average Bonchev–Trinajstić information content (AvgIpc) is 3.18. The summed E-state index contributed by atoms with van der Waals surface area (Å²) in [6.07, 6.45) is 4.20. The van der Waals surface area contributed by atoms with Gasteiger partial charge in [0, 0.05) is 30.0 Å². The second-order valence-corrected chi connectivity index (χ2v) is 6.86. The quantitative estimate of drug-likeness (QED) is 0.531. The van der Waals surface area contributed by atoms with Crippen molar-refractivity contribution in [1.82, 2.24) is 9.97 Å². The molecule has 28 heavy (non-hydrogen) atoms. The van der Waals surface area contributed by atoms with E-state index in [1.807, 2.05) is 62.4 Å². The highest BCUT2D eigenvalue weighted by atomic mass is 16.4. The SMILES string of the molecule is Cc1ccc(-c2cnc(CCC(=O)Nc3ccc(C)c4ncccc34)o2)cc1. The number of amides is 1. The first kappa shape index (κ1) is 17.9. The molecule has 0 spiro atoms. The van der Waals surface area contributed by atoms with E-state index in [2.05, 4.69) is 15.3 Å². The molecule has 0 saturated heterocycles. The molecule has 2 aromatic heterocycles. The van der Waals surface area contributed by atoms with Gasteiger partial charge in [0.25, 0.3) is 0 Å². The monoisotopic (exact) mass is 371 g/mol.